The van der Waals surface area contributed by atoms with Crippen LogP contribution in [-0.2, 0) is 19.1 Å². The molecule has 0 spiro atoms. The van der Waals surface area contributed by atoms with E-state index in [4.69, 9.17) is 14.6 Å². The molecule has 48 heavy (non-hydrogen) atoms. The molecule has 0 saturated heterocycles. The Labute approximate surface area is 292 Å². The van der Waals surface area contributed by atoms with Gasteiger partial charge < -0.3 is 40.1 Å². The van der Waals surface area contributed by atoms with Crippen LogP contribution in [0.3, 0.4) is 0 Å². The summed E-state index contributed by atoms with van der Waals surface area (Å²) in [5, 5.41) is 60.7. The summed E-state index contributed by atoms with van der Waals surface area (Å²) >= 11 is 0. The van der Waals surface area contributed by atoms with E-state index in [9.17, 15) is 35.1 Å². The first-order chi connectivity index (χ1) is 23.1. The van der Waals surface area contributed by atoms with Gasteiger partial charge in [0.1, 0.15) is 18.3 Å². The van der Waals surface area contributed by atoms with E-state index < -0.39 is 48.9 Å². The summed E-state index contributed by atoms with van der Waals surface area (Å²) < 4.78 is 9.98. The third-order valence-corrected chi connectivity index (χ3v) is 9.12. The number of unbranched alkanes of at least 4 members (excludes halogenated alkanes) is 24. The minimum Gasteiger partial charge on any atom is -0.396 e. The van der Waals surface area contributed by atoms with Crippen LogP contribution >= 0.6 is 0 Å². The first-order valence-electron chi connectivity index (χ1n) is 19.6. The lowest BCUT2D eigenvalue weighted by Gasteiger charge is -2.35. The standard InChI is InChI=1S/C38H74O10/c1-3-5-7-9-11-13-15-17-19-21-23-25-27-29-33(41)47-38(46,37(45)36(44)35(43)32(40)31-39)48-34(42)30-28-26-24-22-20-18-16-14-12-10-8-6-4-2/h32,35-37,39-40,43-46H,3-31H2,1-2H3/t32-,35+,36+,37+/m0/s1. The Morgan fingerprint density at radius 3 is 1.02 bits per heavy atom. The molecule has 0 aliphatic carbocycles. The van der Waals surface area contributed by atoms with E-state index >= 15 is 0 Å². The van der Waals surface area contributed by atoms with Crippen LogP contribution in [0.15, 0.2) is 0 Å². The molecule has 6 N–H and O–H groups in total. The smallest absolute Gasteiger partial charge is 0.396 e. The van der Waals surface area contributed by atoms with Gasteiger partial charge in [0.2, 0.25) is 0 Å². The highest BCUT2D eigenvalue weighted by atomic mass is 16.8. The first-order valence-corrected chi connectivity index (χ1v) is 19.6. The predicted octanol–water partition coefficient (Wildman–Crippen LogP) is 7.12. The lowest BCUT2D eigenvalue weighted by Crippen LogP contribution is -2.59. The molecular formula is C38H74O10. The Bertz CT molecular complexity index is 705. The molecule has 0 saturated carbocycles. The van der Waals surface area contributed by atoms with Crippen molar-refractivity contribution in [1.29, 1.82) is 0 Å². The zero-order valence-electron chi connectivity index (χ0n) is 30.6. The minimum absolute atomic E-state index is 0.110. The second kappa shape index (κ2) is 31.7. The van der Waals surface area contributed by atoms with Gasteiger partial charge in [-0.2, -0.15) is 0 Å². The second-order valence-electron chi connectivity index (χ2n) is 13.7. The molecule has 0 aromatic carbocycles. The Hall–Kier alpha value is -1.30. The number of esters is 2. The van der Waals surface area contributed by atoms with E-state index in [1.54, 1.807) is 0 Å². The molecule has 10 nitrogen and oxygen atoms in total. The van der Waals surface area contributed by atoms with Crippen molar-refractivity contribution >= 4 is 11.9 Å². The largest absolute Gasteiger partial charge is 0.403 e. The summed E-state index contributed by atoms with van der Waals surface area (Å²) in [7, 11) is 0. The highest BCUT2D eigenvalue weighted by Gasteiger charge is 2.51. The van der Waals surface area contributed by atoms with Gasteiger partial charge in [-0.1, -0.05) is 168 Å². The van der Waals surface area contributed by atoms with Gasteiger partial charge in [0.15, 0.2) is 6.10 Å². The van der Waals surface area contributed by atoms with E-state index in [1.165, 1.54) is 103 Å². The fraction of sp³-hybridized carbons (Fsp3) is 0.947. The van der Waals surface area contributed by atoms with Gasteiger partial charge in [-0.3, -0.25) is 9.59 Å². The highest BCUT2D eigenvalue weighted by molar-refractivity contribution is 5.71. The van der Waals surface area contributed by atoms with E-state index in [2.05, 4.69) is 13.8 Å². The van der Waals surface area contributed by atoms with Crippen LogP contribution < -0.4 is 0 Å². The van der Waals surface area contributed by atoms with Crippen molar-refractivity contribution in [2.45, 2.75) is 224 Å². The van der Waals surface area contributed by atoms with Crippen molar-refractivity contribution in [1.82, 2.24) is 0 Å². The summed E-state index contributed by atoms with van der Waals surface area (Å²) in [6, 6.07) is 0. The molecule has 0 aromatic heterocycles. The lowest BCUT2D eigenvalue weighted by atomic mass is 10.0. The summed E-state index contributed by atoms with van der Waals surface area (Å²) in [6.07, 6.45) is 20.2. The zero-order chi connectivity index (χ0) is 35.9. The molecular weight excluding hydrogens is 616 g/mol. The van der Waals surface area contributed by atoms with Gasteiger partial charge in [-0.15, -0.1) is 0 Å². The van der Waals surface area contributed by atoms with Crippen molar-refractivity contribution in [3.05, 3.63) is 0 Å². The van der Waals surface area contributed by atoms with Crippen molar-refractivity contribution in [2.24, 2.45) is 0 Å². The third kappa shape index (κ3) is 24.8. The van der Waals surface area contributed by atoms with Gasteiger partial charge in [0.05, 0.1) is 6.61 Å². The molecule has 0 aromatic rings. The van der Waals surface area contributed by atoms with Gasteiger partial charge in [-0.05, 0) is 12.8 Å². The molecule has 0 aliphatic rings. The summed E-state index contributed by atoms with van der Waals surface area (Å²) in [6.45, 7) is 3.50. The molecule has 0 fully saturated rings. The van der Waals surface area contributed by atoms with Crippen molar-refractivity contribution in [3.8, 4) is 0 Å². The molecule has 10 heteroatoms. The van der Waals surface area contributed by atoms with Crippen LogP contribution in [0.25, 0.3) is 0 Å². The molecule has 0 aliphatic heterocycles. The highest BCUT2D eigenvalue weighted by Crippen LogP contribution is 2.24. The first kappa shape index (κ1) is 46.7. The average molecular weight is 691 g/mol. The molecule has 0 rings (SSSR count). The summed E-state index contributed by atoms with van der Waals surface area (Å²) in [5.74, 6) is -5.17. The Morgan fingerprint density at radius 2 is 0.750 bits per heavy atom. The average Bonchev–Trinajstić information content (AvgIpc) is 3.07. The molecule has 0 amide bonds. The van der Waals surface area contributed by atoms with Crippen molar-refractivity contribution in [3.63, 3.8) is 0 Å². The van der Waals surface area contributed by atoms with Gasteiger partial charge in [0.25, 0.3) is 0 Å². The Kier molecular flexibility index (Phi) is 30.8. The Balaban J connectivity index is 4.56. The van der Waals surface area contributed by atoms with Crippen LogP contribution in [0.5, 0.6) is 0 Å². The summed E-state index contributed by atoms with van der Waals surface area (Å²) in [5.41, 5.74) is 0. The van der Waals surface area contributed by atoms with E-state index in [0.717, 1.165) is 51.4 Å². The van der Waals surface area contributed by atoms with E-state index in [-0.39, 0.29) is 12.8 Å². The second-order valence-corrected chi connectivity index (χ2v) is 13.7. The molecule has 286 valence electrons. The monoisotopic (exact) mass is 691 g/mol. The maximum Gasteiger partial charge on any atom is 0.403 e. The number of hydrogen-bond donors (Lipinski definition) is 6. The van der Waals surface area contributed by atoms with Crippen molar-refractivity contribution < 1.29 is 49.7 Å². The lowest BCUT2D eigenvalue weighted by molar-refractivity contribution is -0.375. The zero-order valence-corrected chi connectivity index (χ0v) is 30.6. The van der Waals surface area contributed by atoms with Gasteiger partial charge in [-0.25, -0.2) is 0 Å². The normalized spacial score (nSPS) is 14.4. The predicted molar refractivity (Wildman–Crippen MR) is 189 cm³/mol. The SMILES string of the molecule is CCCCCCCCCCCCCCCC(=O)OC(O)(OC(=O)CCCCCCCCCCCCCCC)[C@H](O)[C@H](O)[C@H](O)[C@@H](O)CO. The molecule has 0 unspecified atom stereocenters. The quantitative estimate of drug-likeness (QED) is 0.0228. The third-order valence-electron chi connectivity index (χ3n) is 9.12. The van der Waals surface area contributed by atoms with Crippen LogP contribution in [0, 0.1) is 0 Å². The van der Waals surface area contributed by atoms with E-state index in [0.29, 0.717) is 12.8 Å². The van der Waals surface area contributed by atoms with Crippen LogP contribution in [0.1, 0.15) is 194 Å². The number of carbonyl (C=O) groups is 2. The Morgan fingerprint density at radius 1 is 0.479 bits per heavy atom. The molecule has 0 radical (unpaired) electrons. The van der Waals surface area contributed by atoms with Gasteiger partial charge in [0, 0.05) is 12.8 Å². The van der Waals surface area contributed by atoms with Gasteiger partial charge >= 0.3 is 17.9 Å². The van der Waals surface area contributed by atoms with Crippen molar-refractivity contribution in [2.75, 3.05) is 6.61 Å². The maximum absolute atomic E-state index is 12.6. The number of aliphatic hydroxyl groups excluding tert-OH is 5. The number of ether oxygens (including phenoxy) is 2. The van der Waals surface area contributed by atoms with Crippen LogP contribution in [0.2, 0.25) is 0 Å². The number of aliphatic hydroxyl groups is 6. The number of rotatable bonds is 35. The topological polar surface area (TPSA) is 174 Å². The summed E-state index contributed by atoms with van der Waals surface area (Å²) in [4.78, 5) is 25.2. The molecule has 4 atom stereocenters. The molecule has 0 heterocycles. The van der Waals surface area contributed by atoms with E-state index in [1.807, 2.05) is 0 Å². The number of carbonyl (C=O) groups excluding carboxylic acids is 2. The fourth-order valence-electron chi connectivity index (χ4n) is 5.88. The minimum atomic E-state index is -3.28. The maximum atomic E-state index is 12.6. The number of hydrogen-bond acceptors (Lipinski definition) is 10. The fourth-order valence-corrected chi connectivity index (χ4v) is 5.88. The molecule has 0 bridgehead atoms. The van der Waals surface area contributed by atoms with Crippen LogP contribution in [-0.4, -0.2) is 79.6 Å². The van der Waals surface area contributed by atoms with Crippen LogP contribution in [0.4, 0.5) is 0 Å².